The molecule has 2 aliphatic rings. The molecule has 1 amide bonds. The molecule has 1 atom stereocenters. The Morgan fingerprint density at radius 3 is 2.56 bits per heavy atom. The number of amides is 1. The number of aliphatic hydroxyl groups is 1. The fourth-order valence-corrected chi connectivity index (χ4v) is 3.72. The standard InChI is InChI=1S/C18H21FN4O2/c1-17(2)11-23(16(24)18(25)9-20-10-18)14(17)15-21-7-8-22(15)13-5-3-12(19)4-6-13/h3-8,14,20,25H,9-11H2,1-2H3. The van der Waals surface area contributed by atoms with Gasteiger partial charge in [-0.1, -0.05) is 13.8 Å². The zero-order valence-corrected chi connectivity index (χ0v) is 14.2. The van der Waals surface area contributed by atoms with Gasteiger partial charge in [0, 0.05) is 43.1 Å². The molecule has 4 rings (SSSR count). The number of aromatic nitrogens is 2. The summed E-state index contributed by atoms with van der Waals surface area (Å²) in [6, 6.07) is 5.92. The van der Waals surface area contributed by atoms with Crippen LogP contribution in [0, 0.1) is 11.2 Å². The van der Waals surface area contributed by atoms with Crippen molar-refractivity contribution < 1.29 is 14.3 Å². The lowest BCUT2D eigenvalue weighted by Gasteiger charge is -2.56. The maximum absolute atomic E-state index is 13.2. The number of benzene rings is 1. The number of nitrogens with zero attached hydrogens (tertiary/aromatic N) is 3. The van der Waals surface area contributed by atoms with Crippen molar-refractivity contribution in [2.45, 2.75) is 25.5 Å². The minimum atomic E-state index is -1.32. The number of likely N-dealkylation sites (tertiary alicyclic amines) is 1. The summed E-state index contributed by atoms with van der Waals surface area (Å²) in [5.41, 5.74) is -0.693. The van der Waals surface area contributed by atoms with E-state index in [1.807, 2.05) is 4.57 Å². The fourth-order valence-electron chi connectivity index (χ4n) is 3.72. The van der Waals surface area contributed by atoms with Crippen molar-refractivity contribution in [3.63, 3.8) is 0 Å². The third-order valence-corrected chi connectivity index (χ3v) is 5.14. The highest BCUT2D eigenvalue weighted by Gasteiger charge is 2.56. The molecule has 1 aromatic carbocycles. The summed E-state index contributed by atoms with van der Waals surface area (Å²) in [4.78, 5) is 18.9. The highest BCUT2D eigenvalue weighted by Crippen LogP contribution is 2.49. The molecule has 0 spiro atoms. The number of nitrogens with one attached hydrogen (secondary N) is 1. The van der Waals surface area contributed by atoms with Crippen LogP contribution in [0.15, 0.2) is 36.7 Å². The van der Waals surface area contributed by atoms with E-state index in [2.05, 4.69) is 24.1 Å². The van der Waals surface area contributed by atoms with Gasteiger partial charge in [0.1, 0.15) is 11.6 Å². The van der Waals surface area contributed by atoms with Crippen molar-refractivity contribution in [1.82, 2.24) is 19.8 Å². The van der Waals surface area contributed by atoms with E-state index in [1.54, 1.807) is 29.4 Å². The molecule has 2 aliphatic heterocycles. The van der Waals surface area contributed by atoms with Crippen molar-refractivity contribution in [3.05, 3.63) is 48.3 Å². The van der Waals surface area contributed by atoms with Gasteiger partial charge < -0.3 is 19.9 Å². The monoisotopic (exact) mass is 344 g/mol. The van der Waals surface area contributed by atoms with Gasteiger partial charge in [-0.25, -0.2) is 9.37 Å². The van der Waals surface area contributed by atoms with Gasteiger partial charge in [-0.2, -0.15) is 0 Å². The van der Waals surface area contributed by atoms with Crippen molar-refractivity contribution >= 4 is 5.91 Å². The smallest absolute Gasteiger partial charge is 0.257 e. The van der Waals surface area contributed by atoms with Crippen LogP contribution in [0.5, 0.6) is 0 Å². The zero-order valence-electron chi connectivity index (χ0n) is 14.2. The van der Waals surface area contributed by atoms with Crippen LogP contribution in [-0.4, -0.2) is 50.7 Å². The van der Waals surface area contributed by atoms with Crippen molar-refractivity contribution in [3.8, 4) is 5.69 Å². The Bertz CT molecular complexity index is 811. The molecule has 3 heterocycles. The van der Waals surface area contributed by atoms with Gasteiger partial charge in [0.05, 0.1) is 6.04 Å². The minimum absolute atomic E-state index is 0.160. The number of carbonyl (C=O) groups is 1. The molecule has 0 aliphatic carbocycles. The van der Waals surface area contributed by atoms with E-state index in [9.17, 15) is 14.3 Å². The molecule has 132 valence electrons. The zero-order chi connectivity index (χ0) is 17.8. The predicted octanol–water partition coefficient (Wildman–Crippen LogP) is 1.26. The van der Waals surface area contributed by atoms with Gasteiger partial charge in [-0.05, 0) is 24.3 Å². The van der Waals surface area contributed by atoms with Gasteiger partial charge in [-0.15, -0.1) is 0 Å². The highest BCUT2D eigenvalue weighted by atomic mass is 19.1. The highest BCUT2D eigenvalue weighted by molar-refractivity contribution is 5.88. The lowest BCUT2D eigenvalue weighted by Crippen LogP contribution is -2.72. The Balaban J connectivity index is 1.69. The van der Waals surface area contributed by atoms with Crippen LogP contribution >= 0.6 is 0 Å². The fraction of sp³-hybridized carbons (Fsp3) is 0.444. The lowest BCUT2D eigenvalue weighted by molar-refractivity contribution is -0.178. The van der Waals surface area contributed by atoms with Crippen molar-refractivity contribution in [1.29, 1.82) is 0 Å². The number of hydrogen-bond donors (Lipinski definition) is 2. The summed E-state index contributed by atoms with van der Waals surface area (Å²) in [6.45, 7) is 5.28. The molecule has 6 nitrogen and oxygen atoms in total. The Morgan fingerprint density at radius 1 is 1.32 bits per heavy atom. The van der Waals surface area contributed by atoms with E-state index in [0.717, 1.165) is 5.69 Å². The quantitative estimate of drug-likeness (QED) is 0.879. The first-order valence-electron chi connectivity index (χ1n) is 8.35. The average Bonchev–Trinajstić information content (AvgIpc) is 2.99. The van der Waals surface area contributed by atoms with Gasteiger partial charge in [-0.3, -0.25) is 4.79 Å². The third kappa shape index (κ3) is 2.46. The van der Waals surface area contributed by atoms with Crippen LogP contribution in [-0.2, 0) is 4.79 Å². The normalized spacial score (nSPS) is 23.7. The van der Waals surface area contributed by atoms with E-state index in [0.29, 0.717) is 12.4 Å². The van der Waals surface area contributed by atoms with E-state index in [4.69, 9.17) is 0 Å². The first kappa shape index (κ1) is 16.2. The number of carbonyl (C=O) groups excluding carboxylic acids is 1. The Labute approximate surface area is 145 Å². The maximum atomic E-state index is 13.2. The summed E-state index contributed by atoms with van der Waals surface area (Å²) >= 11 is 0. The van der Waals surface area contributed by atoms with Crippen molar-refractivity contribution in [2.75, 3.05) is 19.6 Å². The summed E-state index contributed by atoms with van der Waals surface area (Å²) in [6.07, 6.45) is 3.48. The first-order chi connectivity index (χ1) is 11.8. The molecular formula is C18H21FN4O2. The molecule has 1 aromatic heterocycles. The maximum Gasteiger partial charge on any atom is 0.257 e. The van der Waals surface area contributed by atoms with Crippen LogP contribution in [0.1, 0.15) is 25.7 Å². The second kappa shape index (κ2) is 5.37. The summed E-state index contributed by atoms with van der Waals surface area (Å²) in [5.74, 6) is 0.155. The number of imidazole rings is 1. The Kier molecular flexibility index (Phi) is 3.49. The average molecular weight is 344 g/mol. The summed E-state index contributed by atoms with van der Waals surface area (Å²) < 4.78 is 15.1. The van der Waals surface area contributed by atoms with Gasteiger partial charge in [0.25, 0.3) is 5.91 Å². The second-order valence-corrected chi connectivity index (χ2v) is 7.59. The largest absolute Gasteiger partial charge is 0.377 e. The first-order valence-corrected chi connectivity index (χ1v) is 8.35. The van der Waals surface area contributed by atoms with Crippen LogP contribution in [0.3, 0.4) is 0 Å². The molecule has 0 radical (unpaired) electrons. The molecule has 1 unspecified atom stereocenters. The number of halogens is 1. The molecule has 2 fully saturated rings. The topological polar surface area (TPSA) is 70.4 Å². The van der Waals surface area contributed by atoms with Crippen LogP contribution in [0.2, 0.25) is 0 Å². The van der Waals surface area contributed by atoms with E-state index in [1.165, 1.54) is 12.1 Å². The Morgan fingerprint density at radius 2 is 2.00 bits per heavy atom. The minimum Gasteiger partial charge on any atom is -0.377 e. The molecular weight excluding hydrogens is 323 g/mol. The summed E-state index contributed by atoms with van der Waals surface area (Å²) in [7, 11) is 0. The number of hydrogen-bond acceptors (Lipinski definition) is 4. The lowest BCUT2D eigenvalue weighted by atomic mass is 9.73. The molecule has 7 heteroatoms. The number of rotatable bonds is 3. The Hall–Kier alpha value is -2.25. The van der Waals surface area contributed by atoms with Gasteiger partial charge >= 0.3 is 0 Å². The predicted molar refractivity (Wildman–Crippen MR) is 89.6 cm³/mol. The molecule has 0 saturated carbocycles. The summed E-state index contributed by atoms with van der Waals surface area (Å²) in [5, 5.41) is 13.3. The molecule has 2 saturated heterocycles. The van der Waals surface area contributed by atoms with E-state index < -0.39 is 5.60 Å². The van der Waals surface area contributed by atoms with Crippen LogP contribution < -0.4 is 5.32 Å². The van der Waals surface area contributed by atoms with Crippen molar-refractivity contribution in [2.24, 2.45) is 5.41 Å². The van der Waals surface area contributed by atoms with E-state index >= 15 is 0 Å². The second-order valence-electron chi connectivity index (χ2n) is 7.59. The van der Waals surface area contributed by atoms with Crippen LogP contribution in [0.25, 0.3) is 5.69 Å². The molecule has 25 heavy (non-hydrogen) atoms. The SMILES string of the molecule is CC1(C)CN(C(=O)C2(O)CNC2)C1c1nccn1-c1ccc(F)cc1. The molecule has 2 aromatic rings. The van der Waals surface area contributed by atoms with Gasteiger partial charge in [0.15, 0.2) is 5.60 Å². The van der Waals surface area contributed by atoms with Gasteiger partial charge in [0.2, 0.25) is 0 Å². The molecule has 2 N–H and O–H groups in total. The van der Waals surface area contributed by atoms with Crippen LogP contribution in [0.4, 0.5) is 4.39 Å². The third-order valence-electron chi connectivity index (χ3n) is 5.14. The molecule has 0 bridgehead atoms. The number of β-amino-alcohol motifs (C(OH)–C–C–N with tert-alkyl or cyclic N) is 1. The van der Waals surface area contributed by atoms with E-state index in [-0.39, 0.29) is 36.3 Å².